The monoisotopic (exact) mass is 181 g/mol. The first-order valence-electron chi connectivity index (χ1n) is 5.86. The number of hydrogen-bond acceptors (Lipinski definition) is 1. The van der Waals surface area contributed by atoms with Crippen molar-refractivity contribution in [3.05, 3.63) is 0 Å². The van der Waals surface area contributed by atoms with Crippen LogP contribution in [0.1, 0.15) is 53.4 Å². The summed E-state index contributed by atoms with van der Waals surface area (Å²) in [7, 11) is 0. The van der Waals surface area contributed by atoms with Gasteiger partial charge >= 0.3 is 0 Å². The Kier molecular flexibility index (Phi) is 2.18. The quantitative estimate of drug-likeness (QED) is 0.633. The number of hydrogen-bond donors (Lipinski definition) is 0. The lowest BCUT2D eigenvalue weighted by molar-refractivity contribution is 0.0739. The highest BCUT2D eigenvalue weighted by Gasteiger charge is 2.53. The molecule has 0 unspecified atom stereocenters. The van der Waals surface area contributed by atoms with Gasteiger partial charge in [-0.3, -0.25) is 4.90 Å². The molecule has 2 rings (SSSR count). The maximum absolute atomic E-state index is 2.82. The van der Waals surface area contributed by atoms with Gasteiger partial charge in [0.15, 0.2) is 0 Å². The van der Waals surface area contributed by atoms with Crippen molar-refractivity contribution < 1.29 is 0 Å². The summed E-state index contributed by atoms with van der Waals surface area (Å²) in [5.41, 5.74) is 0.582. The van der Waals surface area contributed by atoms with Crippen LogP contribution in [-0.2, 0) is 0 Å². The van der Waals surface area contributed by atoms with Crippen LogP contribution >= 0.6 is 0 Å². The minimum Gasteiger partial charge on any atom is -0.292 e. The second-order valence-electron chi connectivity index (χ2n) is 5.49. The first-order chi connectivity index (χ1) is 6.08. The zero-order valence-corrected chi connectivity index (χ0v) is 9.51. The number of nitrogens with zero attached hydrogens (tertiary/aromatic N) is 1. The van der Waals surface area contributed by atoms with Gasteiger partial charge in [0.25, 0.3) is 0 Å². The Labute approximate surface area is 82.5 Å². The molecular formula is C12H23N. The van der Waals surface area contributed by atoms with E-state index in [0.717, 1.165) is 18.0 Å². The van der Waals surface area contributed by atoms with E-state index in [1.165, 1.54) is 25.7 Å². The molecule has 2 saturated heterocycles. The van der Waals surface area contributed by atoms with E-state index in [-0.39, 0.29) is 0 Å². The Balaban J connectivity index is 2.26. The highest BCUT2D eigenvalue weighted by molar-refractivity contribution is 5.09. The van der Waals surface area contributed by atoms with Gasteiger partial charge in [0.05, 0.1) is 0 Å². The van der Waals surface area contributed by atoms with E-state index in [0.29, 0.717) is 5.54 Å². The van der Waals surface area contributed by atoms with Gasteiger partial charge in [-0.15, -0.1) is 0 Å². The van der Waals surface area contributed by atoms with E-state index in [1.54, 1.807) is 0 Å². The lowest BCUT2D eigenvalue weighted by Crippen LogP contribution is -2.48. The third-order valence-corrected chi connectivity index (χ3v) is 4.36. The third kappa shape index (κ3) is 1.16. The molecule has 0 aromatic rings. The molecule has 0 amide bonds. The fourth-order valence-electron chi connectivity index (χ4n) is 3.81. The van der Waals surface area contributed by atoms with E-state index >= 15 is 0 Å². The molecule has 2 bridgehead atoms. The molecule has 0 spiro atoms. The van der Waals surface area contributed by atoms with Crippen molar-refractivity contribution in [3.63, 3.8) is 0 Å². The van der Waals surface area contributed by atoms with Crippen molar-refractivity contribution in [2.45, 2.75) is 71.0 Å². The number of rotatable bonds is 2. The fraction of sp³-hybridized carbons (Fsp3) is 1.00. The van der Waals surface area contributed by atoms with Gasteiger partial charge in [0.2, 0.25) is 0 Å². The van der Waals surface area contributed by atoms with Crippen molar-refractivity contribution in [2.24, 2.45) is 5.92 Å². The summed E-state index contributed by atoms with van der Waals surface area (Å²) in [6.45, 7) is 9.54. The van der Waals surface area contributed by atoms with E-state index in [1.807, 2.05) is 0 Å². The van der Waals surface area contributed by atoms with E-state index in [4.69, 9.17) is 0 Å². The summed E-state index contributed by atoms with van der Waals surface area (Å²) in [5, 5.41) is 0. The Bertz CT molecular complexity index is 187. The Morgan fingerprint density at radius 2 is 1.62 bits per heavy atom. The summed E-state index contributed by atoms with van der Waals surface area (Å²) < 4.78 is 0. The lowest BCUT2D eigenvalue weighted by Gasteiger charge is -2.41. The lowest BCUT2D eigenvalue weighted by atomic mass is 9.79. The zero-order chi connectivity index (χ0) is 9.64. The predicted molar refractivity (Wildman–Crippen MR) is 56.8 cm³/mol. The summed E-state index contributed by atoms with van der Waals surface area (Å²) >= 11 is 0. The molecule has 0 atom stereocenters. The van der Waals surface area contributed by atoms with Gasteiger partial charge in [-0.25, -0.2) is 0 Å². The van der Waals surface area contributed by atoms with Gasteiger partial charge in [-0.1, -0.05) is 13.8 Å². The van der Waals surface area contributed by atoms with E-state index < -0.39 is 0 Å². The Hall–Kier alpha value is -0.0400. The highest BCUT2D eigenvalue weighted by Crippen LogP contribution is 2.51. The van der Waals surface area contributed by atoms with Crippen LogP contribution in [0, 0.1) is 5.92 Å². The molecule has 0 aromatic heterocycles. The maximum Gasteiger partial charge on any atom is 0.0239 e. The van der Waals surface area contributed by atoms with Crippen molar-refractivity contribution in [1.29, 1.82) is 0 Å². The average molecular weight is 181 g/mol. The van der Waals surface area contributed by atoms with E-state index in [9.17, 15) is 0 Å². The van der Waals surface area contributed by atoms with Crippen LogP contribution in [0.15, 0.2) is 0 Å². The molecule has 76 valence electrons. The van der Waals surface area contributed by atoms with Crippen molar-refractivity contribution in [1.82, 2.24) is 4.90 Å². The van der Waals surface area contributed by atoms with Crippen LogP contribution in [0.5, 0.6) is 0 Å². The first-order valence-corrected chi connectivity index (χ1v) is 5.86. The summed E-state index contributed by atoms with van der Waals surface area (Å²) in [6.07, 6.45) is 5.81. The molecular weight excluding hydrogens is 158 g/mol. The van der Waals surface area contributed by atoms with Crippen molar-refractivity contribution >= 4 is 0 Å². The van der Waals surface area contributed by atoms with Gasteiger partial charge < -0.3 is 0 Å². The van der Waals surface area contributed by atoms with Crippen LogP contribution < -0.4 is 0 Å². The topological polar surface area (TPSA) is 3.24 Å². The highest BCUT2D eigenvalue weighted by atomic mass is 15.3. The SMILES string of the molecule is CC(C)N1C2CCC1(C(C)C)CC2. The van der Waals surface area contributed by atoms with Crippen LogP contribution in [-0.4, -0.2) is 22.5 Å². The van der Waals surface area contributed by atoms with Crippen LogP contribution in [0.4, 0.5) is 0 Å². The van der Waals surface area contributed by atoms with Crippen LogP contribution in [0.25, 0.3) is 0 Å². The summed E-state index contributed by atoms with van der Waals surface area (Å²) in [4.78, 5) is 2.82. The van der Waals surface area contributed by atoms with Gasteiger partial charge in [0.1, 0.15) is 0 Å². The molecule has 2 fully saturated rings. The fourth-order valence-corrected chi connectivity index (χ4v) is 3.81. The molecule has 0 N–H and O–H groups in total. The standard InChI is InChI=1S/C12H23N/c1-9(2)12-7-5-11(6-8-12)13(12)10(3)4/h9-11H,5-8H2,1-4H3. The normalized spacial score (nSPS) is 39.7. The van der Waals surface area contributed by atoms with Gasteiger partial charge in [-0.2, -0.15) is 0 Å². The molecule has 2 heterocycles. The molecule has 0 aliphatic carbocycles. The smallest absolute Gasteiger partial charge is 0.0239 e. The maximum atomic E-state index is 2.82. The third-order valence-electron chi connectivity index (χ3n) is 4.36. The molecule has 2 aliphatic rings. The second-order valence-corrected chi connectivity index (χ2v) is 5.49. The largest absolute Gasteiger partial charge is 0.292 e. The predicted octanol–water partition coefficient (Wildman–Crippen LogP) is 3.05. The minimum absolute atomic E-state index is 0.582. The second kappa shape index (κ2) is 2.98. The van der Waals surface area contributed by atoms with E-state index in [2.05, 4.69) is 32.6 Å². The van der Waals surface area contributed by atoms with Crippen molar-refractivity contribution in [3.8, 4) is 0 Å². The Morgan fingerprint density at radius 1 is 1.08 bits per heavy atom. The molecule has 0 saturated carbocycles. The number of fused-ring (bicyclic) bond motifs is 2. The first kappa shape index (κ1) is 9.51. The molecule has 0 aromatic carbocycles. The molecule has 1 heteroatoms. The Morgan fingerprint density at radius 3 is 1.92 bits per heavy atom. The minimum atomic E-state index is 0.582. The summed E-state index contributed by atoms with van der Waals surface area (Å²) in [6, 6.07) is 1.67. The van der Waals surface area contributed by atoms with Crippen molar-refractivity contribution in [2.75, 3.05) is 0 Å². The van der Waals surface area contributed by atoms with Gasteiger partial charge in [0, 0.05) is 17.6 Å². The summed E-state index contributed by atoms with van der Waals surface area (Å²) in [5.74, 6) is 0.836. The van der Waals surface area contributed by atoms with Crippen LogP contribution in [0.2, 0.25) is 0 Å². The van der Waals surface area contributed by atoms with Crippen LogP contribution in [0.3, 0.4) is 0 Å². The molecule has 1 nitrogen and oxygen atoms in total. The molecule has 0 radical (unpaired) electrons. The van der Waals surface area contributed by atoms with Gasteiger partial charge in [-0.05, 0) is 45.4 Å². The molecule has 13 heavy (non-hydrogen) atoms. The average Bonchev–Trinajstić information content (AvgIpc) is 2.58. The zero-order valence-electron chi connectivity index (χ0n) is 9.51. The molecule has 2 aliphatic heterocycles.